The zero-order valence-electron chi connectivity index (χ0n) is 10.3. The summed E-state index contributed by atoms with van der Waals surface area (Å²) in [6, 6.07) is 5.51. The molecule has 1 saturated carbocycles. The van der Waals surface area contributed by atoms with Crippen LogP contribution < -0.4 is 9.47 Å². The molecule has 0 spiro atoms. The Kier molecular flexibility index (Phi) is 2.47. The van der Waals surface area contributed by atoms with E-state index in [1.165, 1.54) is 0 Å². The molecule has 1 aromatic rings. The lowest BCUT2D eigenvalue weighted by molar-refractivity contribution is -0.145. The molecule has 1 N–H and O–H groups in total. The Hall–Kier alpha value is -1.71. The fourth-order valence-corrected chi connectivity index (χ4v) is 3.22. The minimum Gasteiger partial charge on any atom is -0.481 e. The van der Waals surface area contributed by atoms with Crippen molar-refractivity contribution in [3.63, 3.8) is 0 Å². The summed E-state index contributed by atoms with van der Waals surface area (Å²) < 4.78 is 10.6. The second kappa shape index (κ2) is 3.90. The molecule has 18 heavy (non-hydrogen) atoms. The van der Waals surface area contributed by atoms with E-state index in [4.69, 9.17) is 9.47 Å². The quantitative estimate of drug-likeness (QED) is 0.873. The number of carbonyl (C=O) groups is 1. The standard InChI is InChI=1S/C14H16O4/c1-9-3-2-6-14(9,13(15)16)10-4-5-11-12(7-10)18-8-17-11/h4-5,7,9H,2-3,6,8H2,1H3,(H,15,16). The van der Waals surface area contributed by atoms with Crippen LogP contribution in [0.15, 0.2) is 18.2 Å². The maximum absolute atomic E-state index is 11.8. The molecule has 96 valence electrons. The Morgan fingerprint density at radius 2 is 2.17 bits per heavy atom. The Morgan fingerprint density at radius 3 is 2.83 bits per heavy atom. The van der Waals surface area contributed by atoms with E-state index in [0.717, 1.165) is 18.4 Å². The molecule has 0 amide bonds. The second-order valence-corrected chi connectivity index (χ2v) is 5.14. The fourth-order valence-electron chi connectivity index (χ4n) is 3.22. The molecule has 4 heteroatoms. The number of ether oxygens (including phenoxy) is 2. The molecule has 3 rings (SSSR count). The van der Waals surface area contributed by atoms with Crippen molar-refractivity contribution in [2.24, 2.45) is 5.92 Å². The van der Waals surface area contributed by atoms with Crippen molar-refractivity contribution in [1.29, 1.82) is 0 Å². The Bertz CT molecular complexity index is 497. The Balaban J connectivity index is 2.09. The van der Waals surface area contributed by atoms with Crippen LogP contribution in [0.3, 0.4) is 0 Å². The average Bonchev–Trinajstić information content (AvgIpc) is 2.94. The van der Waals surface area contributed by atoms with Gasteiger partial charge in [-0.15, -0.1) is 0 Å². The van der Waals surface area contributed by atoms with Gasteiger partial charge in [-0.05, 0) is 36.5 Å². The number of carboxylic acid groups (broad SMARTS) is 1. The van der Waals surface area contributed by atoms with Crippen LogP contribution >= 0.6 is 0 Å². The summed E-state index contributed by atoms with van der Waals surface area (Å²) in [5.41, 5.74) is 0.0744. The normalized spacial score (nSPS) is 29.5. The third-order valence-corrected chi connectivity index (χ3v) is 4.32. The molecule has 0 saturated heterocycles. The van der Waals surface area contributed by atoms with Crippen molar-refractivity contribution in [2.45, 2.75) is 31.6 Å². The number of hydrogen-bond donors (Lipinski definition) is 1. The number of aliphatic carboxylic acids is 1. The highest BCUT2D eigenvalue weighted by molar-refractivity contribution is 5.82. The van der Waals surface area contributed by atoms with Crippen molar-refractivity contribution in [2.75, 3.05) is 6.79 Å². The van der Waals surface area contributed by atoms with Crippen molar-refractivity contribution in [3.05, 3.63) is 23.8 Å². The van der Waals surface area contributed by atoms with Gasteiger partial charge in [0, 0.05) is 0 Å². The zero-order chi connectivity index (χ0) is 12.8. The summed E-state index contributed by atoms with van der Waals surface area (Å²) in [4.78, 5) is 11.8. The van der Waals surface area contributed by atoms with Crippen LogP contribution in [0.4, 0.5) is 0 Å². The summed E-state index contributed by atoms with van der Waals surface area (Å²) in [7, 11) is 0. The highest BCUT2D eigenvalue weighted by atomic mass is 16.7. The van der Waals surface area contributed by atoms with Crippen molar-refractivity contribution >= 4 is 5.97 Å². The smallest absolute Gasteiger partial charge is 0.314 e. The molecule has 1 aliphatic heterocycles. The van der Waals surface area contributed by atoms with Crippen LogP contribution in [-0.4, -0.2) is 17.9 Å². The second-order valence-electron chi connectivity index (χ2n) is 5.14. The molecule has 2 unspecified atom stereocenters. The van der Waals surface area contributed by atoms with E-state index in [9.17, 15) is 9.90 Å². The predicted molar refractivity (Wildman–Crippen MR) is 64.9 cm³/mol. The summed E-state index contributed by atoms with van der Waals surface area (Å²) in [5.74, 6) is 0.777. The Morgan fingerprint density at radius 1 is 1.39 bits per heavy atom. The molecule has 0 aromatic heterocycles. The van der Waals surface area contributed by atoms with Crippen LogP contribution in [-0.2, 0) is 10.2 Å². The summed E-state index contributed by atoms with van der Waals surface area (Å²) in [5, 5.41) is 9.66. The molecular formula is C14H16O4. The highest BCUT2D eigenvalue weighted by Crippen LogP contribution is 2.48. The van der Waals surface area contributed by atoms with Gasteiger partial charge in [-0.25, -0.2) is 0 Å². The lowest BCUT2D eigenvalue weighted by atomic mass is 9.73. The van der Waals surface area contributed by atoms with Gasteiger partial charge in [0.05, 0.1) is 5.41 Å². The lowest BCUT2D eigenvalue weighted by Crippen LogP contribution is -2.38. The lowest BCUT2D eigenvalue weighted by Gasteiger charge is -2.29. The summed E-state index contributed by atoms with van der Waals surface area (Å²) in [6.45, 7) is 2.24. The molecule has 1 aliphatic carbocycles. The molecule has 2 atom stereocenters. The molecule has 2 aliphatic rings. The number of carboxylic acids is 1. The number of fused-ring (bicyclic) bond motifs is 1. The van der Waals surface area contributed by atoms with Crippen molar-refractivity contribution in [3.8, 4) is 11.5 Å². The topological polar surface area (TPSA) is 55.8 Å². The first kappa shape index (κ1) is 11.4. The van der Waals surface area contributed by atoms with Gasteiger partial charge in [0.1, 0.15) is 0 Å². The SMILES string of the molecule is CC1CCCC1(C(=O)O)c1ccc2c(c1)OCO2. The molecule has 0 radical (unpaired) electrons. The maximum Gasteiger partial charge on any atom is 0.314 e. The number of rotatable bonds is 2. The number of hydrogen-bond acceptors (Lipinski definition) is 3. The van der Waals surface area contributed by atoms with Crippen molar-refractivity contribution in [1.82, 2.24) is 0 Å². The molecule has 4 nitrogen and oxygen atoms in total. The van der Waals surface area contributed by atoms with Gasteiger partial charge in [-0.2, -0.15) is 0 Å². The van der Waals surface area contributed by atoms with Crippen LogP contribution in [0.25, 0.3) is 0 Å². The molecule has 1 aromatic carbocycles. The van der Waals surface area contributed by atoms with E-state index < -0.39 is 11.4 Å². The predicted octanol–water partition coefficient (Wildman–Crippen LogP) is 2.56. The largest absolute Gasteiger partial charge is 0.481 e. The first-order valence-corrected chi connectivity index (χ1v) is 6.28. The Labute approximate surface area is 106 Å². The number of benzene rings is 1. The third-order valence-electron chi connectivity index (χ3n) is 4.32. The summed E-state index contributed by atoms with van der Waals surface area (Å²) in [6.07, 6.45) is 2.62. The van der Waals surface area contributed by atoms with E-state index in [-0.39, 0.29) is 12.7 Å². The van der Waals surface area contributed by atoms with Gasteiger partial charge in [0.15, 0.2) is 11.5 Å². The van der Waals surface area contributed by atoms with Gasteiger partial charge < -0.3 is 14.6 Å². The van der Waals surface area contributed by atoms with Crippen LogP contribution in [0.5, 0.6) is 11.5 Å². The first-order chi connectivity index (χ1) is 8.64. The van der Waals surface area contributed by atoms with Gasteiger partial charge in [0.25, 0.3) is 0 Å². The third kappa shape index (κ3) is 1.41. The van der Waals surface area contributed by atoms with Crippen LogP contribution in [0.1, 0.15) is 31.7 Å². The van der Waals surface area contributed by atoms with Gasteiger partial charge in [-0.3, -0.25) is 4.79 Å². The first-order valence-electron chi connectivity index (χ1n) is 6.28. The van der Waals surface area contributed by atoms with Crippen LogP contribution in [0.2, 0.25) is 0 Å². The molecule has 1 heterocycles. The molecular weight excluding hydrogens is 232 g/mol. The van der Waals surface area contributed by atoms with E-state index in [0.29, 0.717) is 17.9 Å². The van der Waals surface area contributed by atoms with Gasteiger partial charge in [0.2, 0.25) is 6.79 Å². The zero-order valence-corrected chi connectivity index (χ0v) is 10.3. The molecule has 0 bridgehead atoms. The average molecular weight is 248 g/mol. The maximum atomic E-state index is 11.8. The minimum absolute atomic E-state index is 0.148. The van der Waals surface area contributed by atoms with Crippen molar-refractivity contribution < 1.29 is 19.4 Å². The highest BCUT2D eigenvalue weighted by Gasteiger charge is 2.48. The van der Waals surface area contributed by atoms with E-state index in [1.54, 1.807) is 0 Å². The van der Waals surface area contributed by atoms with E-state index in [1.807, 2.05) is 25.1 Å². The molecule has 1 fully saturated rings. The van der Waals surface area contributed by atoms with E-state index >= 15 is 0 Å². The van der Waals surface area contributed by atoms with Gasteiger partial charge >= 0.3 is 5.97 Å². The van der Waals surface area contributed by atoms with Crippen LogP contribution in [0, 0.1) is 5.92 Å². The fraction of sp³-hybridized carbons (Fsp3) is 0.500. The summed E-state index contributed by atoms with van der Waals surface area (Å²) >= 11 is 0. The minimum atomic E-state index is -0.763. The van der Waals surface area contributed by atoms with Gasteiger partial charge in [-0.1, -0.05) is 19.4 Å². The van der Waals surface area contributed by atoms with E-state index in [2.05, 4.69) is 0 Å². The monoisotopic (exact) mass is 248 g/mol.